The molecule has 0 N–H and O–H groups in total. The summed E-state index contributed by atoms with van der Waals surface area (Å²) in [6.45, 7) is 7.25. The minimum absolute atomic E-state index is 0.164. The molecule has 0 saturated carbocycles. The van der Waals surface area contributed by atoms with Crippen LogP contribution in [0, 0.1) is 5.92 Å². The van der Waals surface area contributed by atoms with Crippen LogP contribution in [0.2, 0.25) is 0 Å². The number of amides is 1. The molecule has 0 aromatic heterocycles. The summed E-state index contributed by atoms with van der Waals surface area (Å²) in [4.78, 5) is 16.5. The van der Waals surface area contributed by atoms with Gasteiger partial charge in [-0.1, -0.05) is 5.11 Å². The number of hydrogen-bond acceptors (Lipinski definition) is 4. The van der Waals surface area contributed by atoms with Gasteiger partial charge in [-0.2, -0.15) is 0 Å². The van der Waals surface area contributed by atoms with E-state index in [4.69, 9.17) is 15.0 Å². The molecule has 0 aromatic carbocycles. The van der Waals surface area contributed by atoms with Crippen molar-refractivity contribution in [2.24, 2.45) is 11.0 Å². The smallest absolute Gasteiger partial charge is 0.410 e. The minimum Gasteiger partial charge on any atom is -0.444 e. The molecular formula is C14H26N4O3. The Labute approximate surface area is 126 Å². The van der Waals surface area contributed by atoms with Gasteiger partial charge in [-0.15, -0.1) is 0 Å². The van der Waals surface area contributed by atoms with Gasteiger partial charge in [0.25, 0.3) is 0 Å². The molecule has 2 unspecified atom stereocenters. The van der Waals surface area contributed by atoms with Gasteiger partial charge < -0.3 is 14.4 Å². The number of hydrogen-bond donors (Lipinski definition) is 0. The van der Waals surface area contributed by atoms with E-state index < -0.39 is 11.7 Å². The summed E-state index contributed by atoms with van der Waals surface area (Å²) in [5.74, 6) is 0.391. The maximum absolute atomic E-state index is 12.1. The average molecular weight is 298 g/mol. The lowest BCUT2D eigenvalue weighted by Crippen LogP contribution is -2.43. The largest absolute Gasteiger partial charge is 0.444 e. The van der Waals surface area contributed by atoms with Gasteiger partial charge in [0.2, 0.25) is 0 Å². The highest BCUT2D eigenvalue weighted by molar-refractivity contribution is 5.68. The monoisotopic (exact) mass is 298 g/mol. The fourth-order valence-electron chi connectivity index (χ4n) is 2.35. The summed E-state index contributed by atoms with van der Waals surface area (Å²) in [6.07, 6.45) is 2.48. The van der Waals surface area contributed by atoms with Crippen molar-refractivity contribution in [1.82, 2.24) is 4.90 Å². The number of carbonyl (C=O) groups excluding carboxylic acids is 1. The van der Waals surface area contributed by atoms with Crippen LogP contribution < -0.4 is 0 Å². The van der Waals surface area contributed by atoms with Crippen LogP contribution in [-0.4, -0.2) is 49.4 Å². The third-order valence-corrected chi connectivity index (χ3v) is 3.44. The summed E-state index contributed by atoms with van der Waals surface area (Å²) >= 11 is 0. The van der Waals surface area contributed by atoms with Crippen molar-refractivity contribution in [3.05, 3.63) is 10.4 Å². The Morgan fingerprint density at radius 2 is 2.29 bits per heavy atom. The number of azide groups is 1. The zero-order valence-electron chi connectivity index (χ0n) is 13.4. The first-order chi connectivity index (χ1) is 9.83. The first-order valence-electron chi connectivity index (χ1n) is 7.38. The molecule has 7 heteroatoms. The summed E-state index contributed by atoms with van der Waals surface area (Å²) in [7, 11) is 1.69. The lowest BCUT2D eigenvalue weighted by atomic mass is 9.94. The summed E-state index contributed by atoms with van der Waals surface area (Å²) < 4.78 is 10.8. The number of carbonyl (C=O) groups is 1. The van der Waals surface area contributed by atoms with Crippen molar-refractivity contribution in [2.45, 2.75) is 51.7 Å². The van der Waals surface area contributed by atoms with Crippen molar-refractivity contribution < 1.29 is 14.3 Å². The Balaban J connectivity index is 2.65. The molecule has 2 atom stereocenters. The standard InChI is InChI=1S/C14H26N4O3/c1-14(2,3)21-13(19)18(4)12(9-16-17-15)8-11-6-5-7-20-10-11/h11-12H,5-10H2,1-4H3. The molecule has 0 aromatic rings. The normalized spacial score (nSPS) is 20.3. The van der Waals surface area contributed by atoms with E-state index in [9.17, 15) is 4.79 Å². The van der Waals surface area contributed by atoms with Crippen LogP contribution in [0.15, 0.2) is 5.11 Å². The Bertz CT molecular complexity index is 382. The van der Waals surface area contributed by atoms with Gasteiger partial charge in [0.05, 0.1) is 0 Å². The molecule has 21 heavy (non-hydrogen) atoms. The zero-order valence-corrected chi connectivity index (χ0v) is 13.4. The molecular weight excluding hydrogens is 272 g/mol. The molecule has 1 aliphatic rings. The van der Waals surface area contributed by atoms with Crippen molar-refractivity contribution in [3.63, 3.8) is 0 Å². The fraction of sp³-hybridized carbons (Fsp3) is 0.929. The second-order valence-electron chi connectivity index (χ2n) is 6.48. The zero-order chi connectivity index (χ0) is 15.9. The van der Waals surface area contributed by atoms with Gasteiger partial charge in [-0.25, -0.2) is 4.79 Å². The fourth-order valence-corrected chi connectivity index (χ4v) is 2.35. The molecule has 1 amide bonds. The van der Waals surface area contributed by atoms with Gasteiger partial charge in [-0.3, -0.25) is 0 Å². The summed E-state index contributed by atoms with van der Waals surface area (Å²) in [5.41, 5.74) is 7.99. The first-order valence-corrected chi connectivity index (χ1v) is 7.38. The van der Waals surface area contributed by atoms with E-state index in [-0.39, 0.29) is 12.6 Å². The molecule has 0 radical (unpaired) electrons. The van der Waals surface area contributed by atoms with E-state index in [1.165, 1.54) is 4.90 Å². The third-order valence-electron chi connectivity index (χ3n) is 3.44. The second kappa shape index (κ2) is 8.10. The Morgan fingerprint density at radius 1 is 1.57 bits per heavy atom. The Hall–Kier alpha value is -1.46. The highest BCUT2D eigenvalue weighted by Crippen LogP contribution is 2.22. The highest BCUT2D eigenvalue weighted by Gasteiger charge is 2.27. The van der Waals surface area contributed by atoms with Gasteiger partial charge in [0.1, 0.15) is 5.60 Å². The van der Waals surface area contributed by atoms with Crippen LogP contribution in [0.4, 0.5) is 4.79 Å². The minimum atomic E-state index is -0.539. The van der Waals surface area contributed by atoms with Crippen LogP contribution in [-0.2, 0) is 9.47 Å². The molecule has 0 spiro atoms. The maximum atomic E-state index is 12.1. The van der Waals surface area contributed by atoms with E-state index in [2.05, 4.69) is 10.0 Å². The van der Waals surface area contributed by atoms with Crippen LogP contribution in [0.5, 0.6) is 0 Å². The molecule has 1 saturated heterocycles. The number of nitrogens with zero attached hydrogens (tertiary/aromatic N) is 4. The van der Waals surface area contributed by atoms with Crippen LogP contribution in [0.1, 0.15) is 40.0 Å². The number of ether oxygens (including phenoxy) is 2. The predicted octanol–water partition coefficient (Wildman–Crippen LogP) is 3.35. The summed E-state index contributed by atoms with van der Waals surface area (Å²) in [5, 5.41) is 3.63. The van der Waals surface area contributed by atoms with Crippen LogP contribution in [0.25, 0.3) is 10.4 Å². The molecule has 0 aliphatic carbocycles. The van der Waals surface area contributed by atoms with Gasteiger partial charge in [0, 0.05) is 37.8 Å². The lowest BCUT2D eigenvalue weighted by Gasteiger charge is -2.33. The van der Waals surface area contributed by atoms with Gasteiger partial charge in [0.15, 0.2) is 0 Å². The molecule has 120 valence electrons. The van der Waals surface area contributed by atoms with Crippen molar-refractivity contribution in [2.75, 3.05) is 26.8 Å². The molecule has 1 aliphatic heterocycles. The quantitative estimate of drug-likeness (QED) is 0.443. The molecule has 1 rings (SSSR count). The van der Waals surface area contributed by atoms with Crippen molar-refractivity contribution in [1.29, 1.82) is 0 Å². The van der Waals surface area contributed by atoms with E-state index in [0.29, 0.717) is 12.5 Å². The SMILES string of the molecule is CN(C(=O)OC(C)(C)C)C(CN=[N+]=[N-])CC1CCCOC1. The highest BCUT2D eigenvalue weighted by atomic mass is 16.6. The topological polar surface area (TPSA) is 87.5 Å². The number of rotatable bonds is 5. The maximum Gasteiger partial charge on any atom is 0.410 e. The molecule has 7 nitrogen and oxygen atoms in total. The van der Waals surface area contributed by atoms with Crippen LogP contribution >= 0.6 is 0 Å². The van der Waals surface area contributed by atoms with Crippen LogP contribution in [0.3, 0.4) is 0 Å². The molecule has 0 bridgehead atoms. The Morgan fingerprint density at radius 3 is 2.81 bits per heavy atom. The molecule has 1 heterocycles. The van der Waals surface area contributed by atoms with Crippen molar-refractivity contribution in [3.8, 4) is 0 Å². The number of likely N-dealkylation sites (N-methyl/N-ethyl adjacent to an activating group) is 1. The van der Waals surface area contributed by atoms with E-state index in [1.54, 1.807) is 7.05 Å². The van der Waals surface area contributed by atoms with E-state index in [1.807, 2.05) is 20.8 Å². The van der Waals surface area contributed by atoms with Gasteiger partial charge >= 0.3 is 6.09 Å². The Kier molecular flexibility index (Phi) is 6.78. The van der Waals surface area contributed by atoms with Crippen molar-refractivity contribution >= 4 is 6.09 Å². The second-order valence-corrected chi connectivity index (χ2v) is 6.48. The average Bonchev–Trinajstić information content (AvgIpc) is 2.42. The van der Waals surface area contributed by atoms with E-state index in [0.717, 1.165) is 25.9 Å². The van der Waals surface area contributed by atoms with Gasteiger partial charge in [-0.05, 0) is 51.5 Å². The molecule has 1 fully saturated rings. The van der Waals surface area contributed by atoms with E-state index >= 15 is 0 Å². The summed E-state index contributed by atoms with van der Waals surface area (Å²) in [6, 6.07) is -0.164. The first kappa shape index (κ1) is 17.6. The third kappa shape index (κ3) is 6.69. The predicted molar refractivity (Wildman–Crippen MR) is 80.0 cm³/mol. The lowest BCUT2D eigenvalue weighted by molar-refractivity contribution is 0.0123.